The molecule has 20 heavy (non-hydrogen) atoms. The van der Waals surface area contributed by atoms with Gasteiger partial charge < -0.3 is 4.74 Å². The summed E-state index contributed by atoms with van der Waals surface area (Å²) in [5, 5.41) is 0. The van der Waals surface area contributed by atoms with E-state index in [-0.39, 0.29) is 15.3 Å². The highest BCUT2D eigenvalue weighted by Crippen LogP contribution is 2.26. The number of methoxy groups -OCH3 is 1. The van der Waals surface area contributed by atoms with Crippen LogP contribution in [0, 0.1) is 11.7 Å². The summed E-state index contributed by atoms with van der Waals surface area (Å²) in [6.45, 7) is 1.44. The van der Waals surface area contributed by atoms with Crippen LogP contribution < -0.4 is 0 Å². The minimum atomic E-state index is -3.64. The number of sulfonamides is 1. The second kappa shape index (κ2) is 6.51. The van der Waals surface area contributed by atoms with Crippen molar-refractivity contribution in [2.45, 2.75) is 17.7 Å². The highest BCUT2D eigenvalue weighted by molar-refractivity contribution is 9.10. The molecule has 0 amide bonds. The van der Waals surface area contributed by atoms with Gasteiger partial charge in [-0.2, -0.15) is 4.31 Å². The predicted molar refractivity (Wildman–Crippen MR) is 77.5 cm³/mol. The second-order valence-corrected chi connectivity index (χ2v) is 7.69. The molecule has 1 aliphatic heterocycles. The summed E-state index contributed by atoms with van der Waals surface area (Å²) in [6.07, 6.45) is 1.75. The number of nitrogens with zero attached hydrogens (tertiary/aromatic N) is 1. The lowest BCUT2D eigenvalue weighted by molar-refractivity contribution is 0.118. The van der Waals surface area contributed by atoms with E-state index in [0.717, 1.165) is 18.9 Å². The Morgan fingerprint density at radius 3 is 2.90 bits per heavy atom. The van der Waals surface area contributed by atoms with E-state index >= 15 is 0 Å². The molecule has 1 saturated heterocycles. The first-order valence-corrected chi connectivity index (χ1v) is 8.62. The van der Waals surface area contributed by atoms with Crippen molar-refractivity contribution in [3.63, 3.8) is 0 Å². The molecule has 1 aliphatic rings. The zero-order valence-electron chi connectivity index (χ0n) is 11.2. The molecule has 0 bridgehead atoms. The average Bonchev–Trinajstić information content (AvgIpc) is 2.42. The van der Waals surface area contributed by atoms with Gasteiger partial charge in [-0.3, -0.25) is 0 Å². The molecular formula is C13H17BrFNO3S. The molecule has 1 aromatic rings. The van der Waals surface area contributed by atoms with Crippen LogP contribution in [0.5, 0.6) is 0 Å². The molecule has 0 spiro atoms. The molecule has 0 N–H and O–H groups in total. The predicted octanol–water partition coefficient (Wildman–Crippen LogP) is 2.64. The Morgan fingerprint density at radius 2 is 2.25 bits per heavy atom. The molecule has 0 aliphatic carbocycles. The van der Waals surface area contributed by atoms with Gasteiger partial charge in [0.25, 0.3) is 0 Å². The molecule has 7 heteroatoms. The van der Waals surface area contributed by atoms with Crippen molar-refractivity contribution in [1.29, 1.82) is 0 Å². The number of rotatable bonds is 4. The standard InChI is InChI=1S/C13H17BrFNO3S/c1-19-9-10-3-2-6-16(8-10)20(17,18)11-4-5-12(14)13(15)7-11/h4-5,7,10H,2-3,6,8-9H2,1H3. The number of piperidine rings is 1. The van der Waals surface area contributed by atoms with Crippen LogP contribution in [0.3, 0.4) is 0 Å². The highest BCUT2D eigenvalue weighted by Gasteiger charge is 2.30. The van der Waals surface area contributed by atoms with Crippen molar-refractivity contribution < 1.29 is 17.5 Å². The van der Waals surface area contributed by atoms with Gasteiger partial charge in [-0.1, -0.05) is 0 Å². The van der Waals surface area contributed by atoms with Gasteiger partial charge >= 0.3 is 0 Å². The Kier molecular flexibility index (Phi) is 5.17. The maximum Gasteiger partial charge on any atom is 0.243 e. The van der Waals surface area contributed by atoms with Gasteiger partial charge in [-0.25, -0.2) is 12.8 Å². The van der Waals surface area contributed by atoms with E-state index in [4.69, 9.17) is 4.74 Å². The van der Waals surface area contributed by atoms with Crippen molar-refractivity contribution in [1.82, 2.24) is 4.31 Å². The molecule has 0 aromatic heterocycles. The molecule has 0 radical (unpaired) electrons. The van der Waals surface area contributed by atoms with Gasteiger partial charge in [0.1, 0.15) is 5.82 Å². The third-order valence-electron chi connectivity index (χ3n) is 3.41. The van der Waals surface area contributed by atoms with Gasteiger partial charge in [0, 0.05) is 20.2 Å². The van der Waals surface area contributed by atoms with Gasteiger partial charge in [-0.05, 0) is 52.9 Å². The van der Waals surface area contributed by atoms with Gasteiger partial charge in [0.2, 0.25) is 10.0 Å². The highest BCUT2D eigenvalue weighted by atomic mass is 79.9. The van der Waals surface area contributed by atoms with Crippen molar-refractivity contribution in [2.24, 2.45) is 5.92 Å². The van der Waals surface area contributed by atoms with Crippen LogP contribution in [0.15, 0.2) is 27.6 Å². The summed E-state index contributed by atoms with van der Waals surface area (Å²) in [4.78, 5) is -0.00346. The molecule has 1 aromatic carbocycles. The SMILES string of the molecule is COCC1CCCN(S(=O)(=O)c2ccc(Br)c(F)c2)C1. The number of benzene rings is 1. The van der Waals surface area contributed by atoms with Gasteiger partial charge in [-0.15, -0.1) is 0 Å². The molecule has 1 unspecified atom stereocenters. The summed E-state index contributed by atoms with van der Waals surface area (Å²) >= 11 is 3.02. The fourth-order valence-electron chi connectivity index (χ4n) is 2.40. The summed E-state index contributed by atoms with van der Waals surface area (Å²) in [5.41, 5.74) is 0. The minimum absolute atomic E-state index is 0.00346. The van der Waals surface area contributed by atoms with Crippen LogP contribution in [0.1, 0.15) is 12.8 Å². The minimum Gasteiger partial charge on any atom is -0.384 e. The average molecular weight is 366 g/mol. The second-order valence-electron chi connectivity index (χ2n) is 4.90. The maximum absolute atomic E-state index is 13.5. The summed E-state index contributed by atoms with van der Waals surface area (Å²) in [5.74, 6) is -0.375. The van der Waals surface area contributed by atoms with Crippen LogP contribution in [-0.4, -0.2) is 39.5 Å². The Bertz CT molecular complexity index is 577. The number of ether oxygens (including phenoxy) is 1. The third kappa shape index (κ3) is 3.39. The molecule has 0 saturated carbocycles. The molecule has 4 nitrogen and oxygen atoms in total. The lowest BCUT2D eigenvalue weighted by Gasteiger charge is -2.31. The molecule has 2 rings (SSSR count). The third-order valence-corrected chi connectivity index (χ3v) is 5.92. The maximum atomic E-state index is 13.5. The van der Waals surface area contributed by atoms with Crippen LogP contribution in [0.2, 0.25) is 0 Å². The van der Waals surface area contributed by atoms with E-state index in [1.807, 2.05) is 0 Å². The van der Waals surface area contributed by atoms with E-state index in [0.29, 0.717) is 19.7 Å². The van der Waals surface area contributed by atoms with E-state index in [9.17, 15) is 12.8 Å². The molecular weight excluding hydrogens is 349 g/mol. The number of hydrogen-bond donors (Lipinski definition) is 0. The molecule has 112 valence electrons. The monoisotopic (exact) mass is 365 g/mol. The summed E-state index contributed by atoms with van der Waals surface area (Å²) in [7, 11) is -2.03. The Hall–Kier alpha value is -0.500. The first-order chi connectivity index (χ1) is 9.45. The summed E-state index contributed by atoms with van der Waals surface area (Å²) < 4.78 is 45.3. The Balaban J connectivity index is 2.23. The van der Waals surface area contributed by atoms with E-state index < -0.39 is 15.8 Å². The zero-order valence-corrected chi connectivity index (χ0v) is 13.6. The topological polar surface area (TPSA) is 46.6 Å². The first-order valence-electron chi connectivity index (χ1n) is 6.39. The lowest BCUT2D eigenvalue weighted by Crippen LogP contribution is -2.41. The fraction of sp³-hybridized carbons (Fsp3) is 0.538. The fourth-order valence-corrected chi connectivity index (χ4v) is 4.22. The Labute approximate surface area is 127 Å². The van der Waals surface area contributed by atoms with Gasteiger partial charge in [0.05, 0.1) is 16.0 Å². The smallest absolute Gasteiger partial charge is 0.243 e. The van der Waals surface area contributed by atoms with Crippen molar-refractivity contribution in [2.75, 3.05) is 26.8 Å². The molecule has 1 heterocycles. The van der Waals surface area contributed by atoms with Crippen LogP contribution >= 0.6 is 15.9 Å². The molecule has 1 atom stereocenters. The normalized spacial score (nSPS) is 21.1. The number of hydrogen-bond acceptors (Lipinski definition) is 3. The largest absolute Gasteiger partial charge is 0.384 e. The first kappa shape index (κ1) is 15.9. The van der Waals surface area contributed by atoms with Crippen molar-refractivity contribution >= 4 is 26.0 Å². The van der Waals surface area contributed by atoms with E-state index in [1.165, 1.54) is 16.4 Å². The van der Waals surface area contributed by atoms with E-state index in [2.05, 4.69) is 15.9 Å². The van der Waals surface area contributed by atoms with Crippen molar-refractivity contribution in [3.8, 4) is 0 Å². The van der Waals surface area contributed by atoms with Crippen LogP contribution in [0.4, 0.5) is 4.39 Å². The van der Waals surface area contributed by atoms with E-state index in [1.54, 1.807) is 7.11 Å². The van der Waals surface area contributed by atoms with Gasteiger partial charge in [0.15, 0.2) is 0 Å². The lowest BCUT2D eigenvalue weighted by atomic mass is 10.0. The van der Waals surface area contributed by atoms with Crippen LogP contribution in [-0.2, 0) is 14.8 Å². The Morgan fingerprint density at radius 1 is 1.50 bits per heavy atom. The van der Waals surface area contributed by atoms with Crippen LogP contribution in [0.25, 0.3) is 0 Å². The zero-order chi connectivity index (χ0) is 14.8. The summed E-state index contributed by atoms with van der Waals surface area (Å²) in [6, 6.07) is 3.89. The van der Waals surface area contributed by atoms with Crippen molar-refractivity contribution in [3.05, 3.63) is 28.5 Å². The number of halogens is 2. The quantitative estimate of drug-likeness (QED) is 0.823. The molecule has 1 fully saturated rings.